The van der Waals surface area contributed by atoms with Crippen LogP contribution in [0.25, 0.3) is 0 Å². The average Bonchev–Trinajstić information content (AvgIpc) is 2.68. The first-order valence-electron chi connectivity index (χ1n) is 6.94. The zero-order valence-corrected chi connectivity index (χ0v) is 15.6. The number of allylic oxidation sites excluding steroid dienone is 4. The van der Waals surface area contributed by atoms with Crippen molar-refractivity contribution >= 4 is 24.8 Å². The van der Waals surface area contributed by atoms with Crippen molar-refractivity contribution in [3.63, 3.8) is 0 Å². The first-order valence-corrected chi connectivity index (χ1v) is 8.17. The molecule has 0 fully saturated rings. The predicted molar refractivity (Wildman–Crippen MR) is 82.5 cm³/mol. The number of unbranched alkanes of at least 4 members (excludes halogenated alkanes) is 7. The van der Waals surface area contributed by atoms with E-state index in [2.05, 4.69) is 19.1 Å². The van der Waals surface area contributed by atoms with E-state index in [1.807, 2.05) is 0 Å². The second-order valence-electron chi connectivity index (χ2n) is 4.84. The van der Waals surface area contributed by atoms with Gasteiger partial charge in [-0.05, 0) is 0 Å². The first kappa shape index (κ1) is 21.2. The fourth-order valence-corrected chi connectivity index (χ4v) is 3.04. The first-order chi connectivity index (χ1) is 7.84. The Bertz CT molecular complexity index is 247. The molecule has 1 rings (SSSR count). The van der Waals surface area contributed by atoms with Gasteiger partial charge in [0, 0.05) is 0 Å². The topological polar surface area (TPSA) is 0 Å². The molecule has 1 aliphatic carbocycles. The molecule has 105 valence electrons. The summed E-state index contributed by atoms with van der Waals surface area (Å²) in [4.78, 5) is 0. The summed E-state index contributed by atoms with van der Waals surface area (Å²) in [6, 6.07) is 0. The van der Waals surface area contributed by atoms with Gasteiger partial charge in [-0.2, -0.15) is 0 Å². The molecule has 0 unspecified atom stereocenters. The van der Waals surface area contributed by atoms with Crippen molar-refractivity contribution in [1.82, 2.24) is 0 Å². The molecule has 0 heterocycles. The minimum atomic E-state index is 0. The maximum absolute atomic E-state index is 2.35. The van der Waals surface area contributed by atoms with Crippen LogP contribution in [0.2, 0.25) is 0 Å². The molecular weight excluding hydrogens is 342 g/mol. The van der Waals surface area contributed by atoms with Gasteiger partial charge < -0.3 is 0 Å². The quantitative estimate of drug-likeness (QED) is 0.429. The summed E-state index contributed by atoms with van der Waals surface area (Å²) in [7, 11) is 0. The maximum Gasteiger partial charge on any atom is -0.147 e. The summed E-state index contributed by atoms with van der Waals surface area (Å²) in [6.45, 7) is 2.29. The van der Waals surface area contributed by atoms with Crippen molar-refractivity contribution in [3.8, 4) is 0 Å². The van der Waals surface area contributed by atoms with Gasteiger partial charge in [0.15, 0.2) is 0 Å². The fourth-order valence-electron chi connectivity index (χ4n) is 2.23. The molecule has 18 heavy (non-hydrogen) atoms. The molecule has 0 atom stereocenters. The van der Waals surface area contributed by atoms with E-state index in [9.17, 15) is 0 Å². The predicted octanol–water partition coefficient (Wildman–Crippen LogP) is 6.12. The summed E-state index contributed by atoms with van der Waals surface area (Å²) >= 11 is 1.63. The van der Waals surface area contributed by atoms with Gasteiger partial charge in [-0.3, -0.25) is 0 Å². The molecule has 0 saturated heterocycles. The van der Waals surface area contributed by atoms with Crippen LogP contribution in [-0.4, -0.2) is 0 Å². The molecule has 0 aromatic rings. The van der Waals surface area contributed by atoms with Crippen molar-refractivity contribution in [1.29, 1.82) is 0 Å². The standard InChI is InChI=1S/C15H25.2ClH.Zr/c1-2-3-4-5-6-7-8-9-12-15-13-10-11-14-15;;;/h10,13H,2-9,11-12H2,1H3;2*1H;. The van der Waals surface area contributed by atoms with E-state index in [0.29, 0.717) is 0 Å². The third-order valence-electron chi connectivity index (χ3n) is 3.33. The Hall–Kier alpha value is 0.943. The minimum absolute atomic E-state index is 0. The van der Waals surface area contributed by atoms with Crippen LogP contribution in [0.1, 0.15) is 71.1 Å². The van der Waals surface area contributed by atoms with E-state index >= 15 is 0 Å². The van der Waals surface area contributed by atoms with Crippen molar-refractivity contribution in [3.05, 3.63) is 21.0 Å². The van der Waals surface area contributed by atoms with Crippen molar-refractivity contribution in [2.75, 3.05) is 0 Å². The summed E-state index contributed by atoms with van der Waals surface area (Å²) in [6.07, 6.45) is 18.7. The van der Waals surface area contributed by atoms with E-state index < -0.39 is 0 Å². The van der Waals surface area contributed by atoms with E-state index in [-0.39, 0.29) is 24.8 Å². The van der Waals surface area contributed by atoms with Gasteiger partial charge in [-0.1, -0.05) is 0 Å². The van der Waals surface area contributed by atoms with Crippen LogP contribution >= 0.6 is 24.8 Å². The Kier molecular flexibility index (Phi) is 16.9. The zero-order valence-electron chi connectivity index (χ0n) is 11.5. The molecule has 0 spiro atoms. The molecular formula is C15H27Cl2Zr. The zero-order chi connectivity index (χ0) is 11.6. The Labute approximate surface area is 141 Å². The van der Waals surface area contributed by atoms with Crippen LogP contribution in [0.15, 0.2) is 21.0 Å². The molecule has 0 N–H and O–H groups in total. The van der Waals surface area contributed by atoms with Crippen LogP contribution in [0.3, 0.4) is 0 Å². The Balaban J connectivity index is 0. The van der Waals surface area contributed by atoms with Gasteiger partial charge >= 0.3 is 117 Å². The molecule has 0 aromatic carbocycles. The molecule has 0 bridgehead atoms. The number of rotatable bonds is 9. The molecule has 0 saturated carbocycles. The fraction of sp³-hybridized carbons (Fsp3) is 0.733. The molecule has 0 aliphatic heterocycles. The second kappa shape index (κ2) is 14.4. The van der Waals surface area contributed by atoms with E-state index in [1.54, 1.807) is 33.6 Å². The molecule has 1 aliphatic rings. The van der Waals surface area contributed by atoms with E-state index in [0.717, 1.165) is 0 Å². The van der Waals surface area contributed by atoms with Crippen molar-refractivity contribution in [2.24, 2.45) is 0 Å². The monoisotopic (exact) mass is 367 g/mol. The maximum atomic E-state index is 2.35. The molecule has 0 radical (unpaired) electrons. The van der Waals surface area contributed by atoms with Gasteiger partial charge in [-0.25, -0.2) is 0 Å². The second-order valence-corrected chi connectivity index (χ2v) is 6.32. The number of halogens is 2. The van der Waals surface area contributed by atoms with Crippen LogP contribution in [0.5, 0.6) is 0 Å². The van der Waals surface area contributed by atoms with Crippen molar-refractivity contribution < 1.29 is 24.7 Å². The Morgan fingerprint density at radius 3 is 2.00 bits per heavy atom. The summed E-state index contributed by atoms with van der Waals surface area (Å²) in [5.74, 6) is 0. The van der Waals surface area contributed by atoms with E-state index in [1.165, 1.54) is 64.2 Å². The number of hydrogen-bond donors (Lipinski definition) is 0. The Morgan fingerprint density at radius 1 is 0.944 bits per heavy atom. The van der Waals surface area contributed by atoms with Gasteiger partial charge in [-0.15, -0.1) is 24.8 Å². The minimum Gasteiger partial charge on any atom is -0.147 e. The van der Waals surface area contributed by atoms with Crippen LogP contribution < -0.4 is 0 Å². The third-order valence-corrected chi connectivity index (χ3v) is 4.62. The molecule has 0 nitrogen and oxygen atoms in total. The average molecular weight is 370 g/mol. The Morgan fingerprint density at radius 2 is 1.50 bits per heavy atom. The largest absolute Gasteiger partial charge is 0.147 e. The third kappa shape index (κ3) is 9.82. The van der Waals surface area contributed by atoms with Crippen LogP contribution in [0.4, 0.5) is 0 Å². The summed E-state index contributed by atoms with van der Waals surface area (Å²) < 4.78 is 1.69. The van der Waals surface area contributed by atoms with Gasteiger partial charge in [0.2, 0.25) is 0 Å². The van der Waals surface area contributed by atoms with E-state index in [4.69, 9.17) is 0 Å². The molecule has 0 aromatic heterocycles. The summed E-state index contributed by atoms with van der Waals surface area (Å²) in [5, 5.41) is 0. The SMILES string of the molecule is CCCCCCCCCCC1=[C]([Zr])CC=C1.Cl.Cl. The normalized spacial score (nSPS) is 13.3. The molecule has 0 amide bonds. The van der Waals surface area contributed by atoms with Crippen molar-refractivity contribution in [2.45, 2.75) is 71.1 Å². The van der Waals surface area contributed by atoms with Crippen LogP contribution in [0, 0.1) is 0 Å². The van der Waals surface area contributed by atoms with Gasteiger partial charge in [0.1, 0.15) is 0 Å². The number of hydrogen-bond acceptors (Lipinski definition) is 0. The molecule has 3 heteroatoms. The summed E-state index contributed by atoms with van der Waals surface area (Å²) in [5.41, 5.74) is 1.66. The van der Waals surface area contributed by atoms with Gasteiger partial charge in [0.25, 0.3) is 0 Å². The van der Waals surface area contributed by atoms with Crippen LogP contribution in [-0.2, 0) is 24.7 Å². The van der Waals surface area contributed by atoms with Gasteiger partial charge in [0.05, 0.1) is 0 Å². The smallest absolute Gasteiger partial charge is 0.147 e.